The summed E-state index contributed by atoms with van der Waals surface area (Å²) in [4.78, 5) is 13.3. The summed E-state index contributed by atoms with van der Waals surface area (Å²) >= 11 is 0. The quantitative estimate of drug-likeness (QED) is 0.874. The van der Waals surface area contributed by atoms with Crippen molar-refractivity contribution in [1.29, 1.82) is 0 Å². The summed E-state index contributed by atoms with van der Waals surface area (Å²) in [6.45, 7) is 7.44. The van der Waals surface area contributed by atoms with Crippen LogP contribution in [0.1, 0.15) is 50.1 Å². The van der Waals surface area contributed by atoms with Crippen LogP contribution in [0, 0.1) is 0 Å². The van der Waals surface area contributed by atoms with Gasteiger partial charge in [0.15, 0.2) is 0 Å². The average Bonchev–Trinajstić information content (AvgIpc) is 2.46. The van der Waals surface area contributed by atoms with Gasteiger partial charge in [-0.3, -0.25) is 4.98 Å². The Balaban J connectivity index is 2.32. The molecule has 0 saturated carbocycles. The second-order valence-electron chi connectivity index (χ2n) is 5.16. The molecule has 0 radical (unpaired) electrons. The highest BCUT2D eigenvalue weighted by Gasteiger charge is 2.15. The first-order chi connectivity index (χ1) is 9.72. The van der Waals surface area contributed by atoms with Crippen LogP contribution in [0.2, 0.25) is 0 Å². The summed E-state index contributed by atoms with van der Waals surface area (Å²) in [6.07, 6.45) is 5.29. The number of rotatable bonds is 6. The van der Waals surface area contributed by atoms with Gasteiger partial charge in [0.25, 0.3) is 0 Å². The molecular formula is C16H22N4. The van der Waals surface area contributed by atoms with Gasteiger partial charge >= 0.3 is 0 Å². The van der Waals surface area contributed by atoms with Gasteiger partial charge in [0.2, 0.25) is 0 Å². The Hall–Kier alpha value is -1.97. The SMILES string of the molecule is CCCNc1ncnc(Cc2ccccn2)c1C(C)C. The van der Waals surface area contributed by atoms with Crippen LogP contribution in [0.15, 0.2) is 30.7 Å². The largest absolute Gasteiger partial charge is 0.370 e. The number of hydrogen-bond donors (Lipinski definition) is 1. The molecule has 1 N–H and O–H groups in total. The van der Waals surface area contributed by atoms with Gasteiger partial charge in [-0.1, -0.05) is 26.8 Å². The van der Waals surface area contributed by atoms with Crippen molar-refractivity contribution in [3.05, 3.63) is 47.7 Å². The first-order valence-corrected chi connectivity index (χ1v) is 7.20. The van der Waals surface area contributed by atoms with Gasteiger partial charge in [-0.15, -0.1) is 0 Å². The number of nitrogens with one attached hydrogen (secondary N) is 1. The van der Waals surface area contributed by atoms with E-state index in [1.54, 1.807) is 6.33 Å². The lowest BCUT2D eigenvalue weighted by Gasteiger charge is -2.16. The van der Waals surface area contributed by atoms with Crippen molar-refractivity contribution < 1.29 is 0 Å². The van der Waals surface area contributed by atoms with E-state index in [4.69, 9.17) is 0 Å². The third kappa shape index (κ3) is 3.53. The van der Waals surface area contributed by atoms with Crippen LogP contribution in [0.4, 0.5) is 5.82 Å². The molecule has 2 rings (SSSR count). The highest BCUT2D eigenvalue weighted by molar-refractivity contribution is 5.48. The highest BCUT2D eigenvalue weighted by Crippen LogP contribution is 2.26. The predicted molar refractivity (Wildman–Crippen MR) is 81.9 cm³/mol. The number of pyridine rings is 1. The van der Waals surface area contributed by atoms with Crippen molar-refractivity contribution in [2.24, 2.45) is 0 Å². The van der Waals surface area contributed by atoms with Crippen LogP contribution in [0.25, 0.3) is 0 Å². The number of hydrogen-bond acceptors (Lipinski definition) is 4. The Morgan fingerprint density at radius 1 is 1.15 bits per heavy atom. The Bertz CT molecular complexity index is 537. The molecule has 4 nitrogen and oxygen atoms in total. The lowest BCUT2D eigenvalue weighted by atomic mass is 9.99. The molecule has 0 aliphatic carbocycles. The summed E-state index contributed by atoms with van der Waals surface area (Å²) in [5, 5.41) is 3.40. The van der Waals surface area contributed by atoms with E-state index in [0.29, 0.717) is 5.92 Å². The van der Waals surface area contributed by atoms with Crippen molar-refractivity contribution in [2.75, 3.05) is 11.9 Å². The van der Waals surface area contributed by atoms with E-state index in [1.807, 2.05) is 24.4 Å². The maximum Gasteiger partial charge on any atom is 0.133 e. The first kappa shape index (κ1) is 14.4. The predicted octanol–water partition coefficient (Wildman–Crippen LogP) is 3.41. The fraction of sp³-hybridized carbons (Fsp3) is 0.438. The van der Waals surface area contributed by atoms with E-state index in [2.05, 4.69) is 41.0 Å². The fourth-order valence-corrected chi connectivity index (χ4v) is 2.24. The van der Waals surface area contributed by atoms with E-state index in [9.17, 15) is 0 Å². The minimum atomic E-state index is 0.384. The molecule has 0 amide bonds. The second kappa shape index (κ2) is 6.98. The minimum Gasteiger partial charge on any atom is -0.370 e. The van der Waals surface area contributed by atoms with E-state index in [0.717, 1.165) is 36.6 Å². The average molecular weight is 270 g/mol. The third-order valence-corrected chi connectivity index (χ3v) is 3.16. The summed E-state index contributed by atoms with van der Waals surface area (Å²) in [5.74, 6) is 1.34. The van der Waals surface area contributed by atoms with Gasteiger partial charge in [-0.05, 0) is 24.5 Å². The van der Waals surface area contributed by atoms with Crippen molar-refractivity contribution in [2.45, 2.75) is 39.5 Å². The van der Waals surface area contributed by atoms with Gasteiger partial charge in [0, 0.05) is 30.4 Å². The van der Waals surface area contributed by atoms with Crippen molar-refractivity contribution in [3.8, 4) is 0 Å². The molecule has 0 fully saturated rings. The van der Waals surface area contributed by atoms with E-state index in [-0.39, 0.29) is 0 Å². The summed E-state index contributed by atoms with van der Waals surface area (Å²) < 4.78 is 0. The van der Waals surface area contributed by atoms with E-state index >= 15 is 0 Å². The van der Waals surface area contributed by atoms with Crippen molar-refractivity contribution in [1.82, 2.24) is 15.0 Å². The molecule has 0 unspecified atom stereocenters. The molecule has 2 aromatic heterocycles. The molecule has 20 heavy (non-hydrogen) atoms. The smallest absolute Gasteiger partial charge is 0.133 e. The molecule has 0 bridgehead atoms. The van der Waals surface area contributed by atoms with Crippen molar-refractivity contribution >= 4 is 5.82 Å². The maximum absolute atomic E-state index is 4.47. The summed E-state index contributed by atoms with van der Waals surface area (Å²) in [7, 11) is 0. The Labute approximate surface area is 120 Å². The molecule has 106 valence electrons. The zero-order valence-electron chi connectivity index (χ0n) is 12.4. The lowest BCUT2D eigenvalue weighted by molar-refractivity contribution is 0.808. The Kier molecular flexibility index (Phi) is 5.04. The van der Waals surface area contributed by atoms with Gasteiger partial charge < -0.3 is 5.32 Å². The number of nitrogens with zero attached hydrogens (tertiary/aromatic N) is 3. The number of anilines is 1. The van der Waals surface area contributed by atoms with Crippen LogP contribution < -0.4 is 5.32 Å². The van der Waals surface area contributed by atoms with Crippen LogP contribution in [0.3, 0.4) is 0 Å². The molecule has 0 aromatic carbocycles. The summed E-state index contributed by atoms with van der Waals surface area (Å²) in [6, 6.07) is 5.97. The molecule has 0 saturated heterocycles. The van der Waals surface area contributed by atoms with Gasteiger partial charge in [0.1, 0.15) is 12.1 Å². The molecule has 0 aliphatic heterocycles. The van der Waals surface area contributed by atoms with Gasteiger partial charge in [-0.2, -0.15) is 0 Å². The monoisotopic (exact) mass is 270 g/mol. The lowest BCUT2D eigenvalue weighted by Crippen LogP contribution is -2.11. The molecule has 0 aliphatic rings. The van der Waals surface area contributed by atoms with Crippen LogP contribution >= 0.6 is 0 Å². The molecule has 2 heterocycles. The van der Waals surface area contributed by atoms with Crippen LogP contribution in [0.5, 0.6) is 0 Å². The highest BCUT2D eigenvalue weighted by atomic mass is 15.0. The van der Waals surface area contributed by atoms with Crippen LogP contribution in [-0.2, 0) is 6.42 Å². The molecule has 0 atom stereocenters. The minimum absolute atomic E-state index is 0.384. The topological polar surface area (TPSA) is 50.7 Å². The fourth-order valence-electron chi connectivity index (χ4n) is 2.24. The second-order valence-corrected chi connectivity index (χ2v) is 5.16. The molecule has 4 heteroatoms. The van der Waals surface area contributed by atoms with E-state index in [1.165, 1.54) is 5.56 Å². The summed E-state index contributed by atoms with van der Waals surface area (Å²) in [5.41, 5.74) is 3.30. The first-order valence-electron chi connectivity index (χ1n) is 7.20. The normalized spacial score (nSPS) is 10.8. The van der Waals surface area contributed by atoms with Crippen molar-refractivity contribution in [3.63, 3.8) is 0 Å². The van der Waals surface area contributed by atoms with Gasteiger partial charge in [-0.25, -0.2) is 9.97 Å². The Morgan fingerprint density at radius 2 is 2.00 bits per heavy atom. The molecule has 0 spiro atoms. The number of aromatic nitrogens is 3. The third-order valence-electron chi connectivity index (χ3n) is 3.16. The van der Waals surface area contributed by atoms with Crippen LogP contribution in [-0.4, -0.2) is 21.5 Å². The molecule has 2 aromatic rings. The zero-order chi connectivity index (χ0) is 14.4. The Morgan fingerprint density at radius 3 is 2.65 bits per heavy atom. The van der Waals surface area contributed by atoms with Gasteiger partial charge in [0.05, 0.1) is 5.69 Å². The standard InChI is InChI=1S/C16H22N4/c1-4-8-18-16-15(12(2)3)14(19-11-20-16)10-13-7-5-6-9-17-13/h5-7,9,11-12H,4,8,10H2,1-3H3,(H,18,19,20). The zero-order valence-corrected chi connectivity index (χ0v) is 12.4. The maximum atomic E-state index is 4.47. The van der Waals surface area contributed by atoms with E-state index < -0.39 is 0 Å². The molecular weight excluding hydrogens is 248 g/mol.